The molecule has 1 amide bonds. The Bertz CT molecular complexity index is 616. The highest BCUT2D eigenvalue weighted by molar-refractivity contribution is 6.35. The minimum absolute atomic E-state index is 0.159. The number of carbonyl (C=O) groups is 1. The summed E-state index contributed by atoms with van der Waals surface area (Å²) in [5, 5.41) is 0.896. The van der Waals surface area contributed by atoms with Crippen LogP contribution in [0.4, 0.5) is 0 Å². The number of benzene rings is 2. The second-order valence-electron chi connectivity index (χ2n) is 4.11. The first-order valence-corrected chi connectivity index (χ1v) is 6.45. The van der Waals surface area contributed by atoms with Crippen LogP contribution in [0.5, 0.6) is 0 Å². The predicted molar refractivity (Wildman–Crippen MR) is 78.6 cm³/mol. The molecule has 0 radical (unpaired) electrons. The van der Waals surface area contributed by atoms with E-state index in [2.05, 4.69) is 0 Å². The van der Waals surface area contributed by atoms with Gasteiger partial charge in [-0.2, -0.15) is 4.58 Å². The van der Waals surface area contributed by atoms with Crippen LogP contribution in [-0.4, -0.2) is 23.7 Å². The van der Waals surface area contributed by atoms with Crippen LogP contribution in [0.1, 0.15) is 15.9 Å². The molecule has 0 unspecified atom stereocenters. The Morgan fingerprint density at radius 3 is 2.21 bits per heavy atom. The number of halogens is 2. The fourth-order valence-corrected chi connectivity index (χ4v) is 2.23. The maximum atomic E-state index is 12.2. The van der Waals surface area contributed by atoms with E-state index in [4.69, 9.17) is 23.2 Å². The summed E-state index contributed by atoms with van der Waals surface area (Å²) in [4.78, 5) is 12.2. The van der Waals surface area contributed by atoms with E-state index in [9.17, 15) is 4.79 Å². The zero-order valence-corrected chi connectivity index (χ0v) is 11.8. The highest BCUT2D eigenvalue weighted by Gasteiger charge is 2.17. The maximum absolute atomic E-state index is 12.2. The molecule has 0 aromatic heterocycles. The van der Waals surface area contributed by atoms with Gasteiger partial charge in [-0.1, -0.05) is 41.4 Å². The summed E-state index contributed by atoms with van der Waals surface area (Å²) in [5.74, 6) is -0.159. The molecule has 2 aromatic rings. The molecular formula is C15H12Cl2NO+. The van der Waals surface area contributed by atoms with E-state index in [1.54, 1.807) is 31.5 Å². The molecule has 0 fully saturated rings. The average molecular weight is 293 g/mol. The predicted octanol–water partition coefficient (Wildman–Crippen LogP) is 3.90. The van der Waals surface area contributed by atoms with E-state index in [0.29, 0.717) is 15.6 Å². The maximum Gasteiger partial charge on any atom is 0.419 e. The molecule has 0 aliphatic carbocycles. The molecule has 4 heteroatoms. The number of carbonyl (C=O) groups excluding carboxylic acids is 1. The van der Waals surface area contributed by atoms with Gasteiger partial charge in [0.15, 0.2) is 6.21 Å². The minimum atomic E-state index is -0.159. The number of rotatable bonds is 2. The van der Waals surface area contributed by atoms with E-state index < -0.39 is 0 Å². The molecule has 0 aliphatic heterocycles. The van der Waals surface area contributed by atoms with Gasteiger partial charge in [-0.25, -0.2) is 4.79 Å². The smallest absolute Gasteiger partial charge is 0.214 e. The lowest BCUT2D eigenvalue weighted by molar-refractivity contribution is -0.388. The van der Waals surface area contributed by atoms with Crippen molar-refractivity contribution in [1.29, 1.82) is 0 Å². The first-order valence-electron chi connectivity index (χ1n) is 5.69. The normalized spacial score (nSPS) is 11.4. The highest BCUT2D eigenvalue weighted by Crippen LogP contribution is 2.19. The molecule has 0 atom stereocenters. The topological polar surface area (TPSA) is 20.1 Å². The SMILES string of the molecule is C[N+](=Cc1ccccc1)C(=O)c1cc(Cl)cc(Cl)c1. The number of hydrogen-bond donors (Lipinski definition) is 0. The summed E-state index contributed by atoms with van der Waals surface area (Å²) in [7, 11) is 1.70. The van der Waals surface area contributed by atoms with Crippen LogP contribution in [0.25, 0.3) is 0 Å². The molecule has 0 saturated heterocycles. The van der Waals surface area contributed by atoms with Crippen molar-refractivity contribution < 1.29 is 9.37 Å². The molecule has 0 spiro atoms. The van der Waals surface area contributed by atoms with E-state index >= 15 is 0 Å². The van der Waals surface area contributed by atoms with Gasteiger partial charge in [0.2, 0.25) is 0 Å². The molecule has 2 nitrogen and oxygen atoms in total. The lowest BCUT2D eigenvalue weighted by atomic mass is 10.2. The zero-order valence-electron chi connectivity index (χ0n) is 10.3. The first-order chi connectivity index (χ1) is 9.06. The summed E-state index contributed by atoms with van der Waals surface area (Å²) in [6.07, 6.45) is 1.76. The van der Waals surface area contributed by atoms with Gasteiger partial charge in [-0.15, -0.1) is 0 Å². The lowest BCUT2D eigenvalue weighted by Gasteiger charge is -1.99. The van der Waals surface area contributed by atoms with Gasteiger partial charge in [0, 0.05) is 15.6 Å². The monoisotopic (exact) mass is 292 g/mol. The van der Waals surface area contributed by atoms with Crippen molar-refractivity contribution in [3.63, 3.8) is 0 Å². The third kappa shape index (κ3) is 3.66. The van der Waals surface area contributed by atoms with Crippen molar-refractivity contribution in [3.05, 3.63) is 69.7 Å². The van der Waals surface area contributed by atoms with Crippen LogP contribution < -0.4 is 0 Å². The Morgan fingerprint density at radius 1 is 1.05 bits per heavy atom. The summed E-state index contributed by atoms with van der Waals surface area (Å²) < 4.78 is 1.51. The van der Waals surface area contributed by atoms with Crippen LogP contribution in [0.3, 0.4) is 0 Å². The second kappa shape index (κ2) is 6.00. The number of amides is 1. The third-order valence-electron chi connectivity index (χ3n) is 2.57. The highest BCUT2D eigenvalue weighted by atomic mass is 35.5. The molecule has 2 aromatic carbocycles. The molecule has 0 N–H and O–H groups in total. The van der Waals surface area contributed by atoms with Crippen molar-refractivity contribution in [3.8, 4) is 0 Å². The average Bonchev–Trinajstić information content (AvgIpc) is 2.37. The van der Waals surface area contributed by atoms with E-state index in [1.807, 2.05) is 30.3 Å². The third-order valence-corrected chi connectivity index (χ3v) is 3.01. The Hall–Kier alpha value is -1.64. The van der Waals surface area contributed by atoms with Gasteiger partial charge < -0.3 is 0 Å². The quantitative estimate of drug-likeness (QED) is 0.607. The molecule has 0 heterocycles. The minimum Gasteiger partial charge on any atom is -0.214 e. The summed E-state index contributed by atoms with van der Waals surface area (Å²) in [6, 6.07) is 14.4. The molecule has 0 saturated carbocycles. The van der Waals surface area contributed by atoms with Crippen molar-refractivity contribution in [2.75, 3.05) is 7.05 Å². The van der Waals surface area contributed by atoms with Crippen molar-refractivity contribution in [2.45, 2.75) is 0 Å². The van der Waals surface area contributed by atoms with Crippen molar-refractivity contribution in [1.82, 2.24) is 0 Å². The standard InChI is InChI=1S/C15H12Cl2NO/c1-18(10-11-5-3-2-4-6-11)15(19)12-7-13(16)9-14(17)8-12/h2-10H,1H3/q+1. The Labute approximate surface area is 121 Å². The summed E-state index contributed by atoms with van der Waals surface area (Å²) in [6.45, 7) is 0. The van der Waals surface area contributed by atoms with Crippen LogP contribution in [0, 0.1) is 0 Å². The molecule has 0 bridgehead atoms. The van der Waals surface area contributed by atoms with Crippen LogP contribution in [0.15, 0.2) is 48.5 Å². The van der Waals surface area contributed by atoms with Gasteiger partial charge >= 0.3 is 5.91 Å². The Morgan fingerprint density at radius 2 is 1.63 bits per heavy atom. The Kier molecular flexibility index (Phi) is 4.35. The van der Waals surface area contributed by atoms with Crippen molar-refractivity contribution >= 4 is 35.3 Å². The molecular weight excluding hydrogens is 281 g/mol. The van der Waals surface area contributed by atoms with Crippen LogP contribution in [0.2, 0.25) is 10.0 Å². The van der Waals surface area contributed by atoms with Gasteiger partial charge in [-0.3, -0.25) is 0 Å². The Balaban J connectivity index is 2.31. The molecule has 19 heavy (non-hydrogen) atoms. The number of nitrogens with zero attached hydrogens (tertiary/aromatic N) is 1. The fraction of sp³-hybridized carbons (Fsp3) is 0.0667. The summed E-state index contributed by atoms with van der Waals surface area (Å²) in [5.41, 5.74) is 1.42. The van der Waals surface area contributed by atoms with Crippen LogP contribution >= 0.6 is 23.2 Å². The van der Waals surface area contributed by atoms with E-state index in [1.165, 1.54) is 4.58 Å². The lowest BCUT2D eigenvalue weighted by Crippen LogP contribution is -2.18. The molecule has 2 rings (SSSR count). The van der Waals surface area contributed by atoms with E-state index in [0.717, 1.165) is 5.56 Å². The number of hydrogen-bond acceptors (Lipinski definition) is 1. The zero-order chi connectivity index (χ0) is 13.8. The van der Waals surface area contributed by atoms with Gasteiger partial charge in [0.25, 0.3) is 0 Å². The van der Waals surface area contributed by atoms with Gasteiger partial charge in [0.1, 0.15) is 7.05 Å². The largest absolute Gasteiger partial charge is 0.419 e. The van der Waals surface area contributed by atoms with Gasteiger partial charge in [-0.05, 0) is 30.3 Å². The fourth-order valence-electron chi connectivity index (χ4n) is 1.70. The van der Waals surface area contributed by atoms with Crippen molar-refractivity contribution in [2.24, 2.45) is 0 Å². The van der Waals surface area contributed by atoms with Gasteiger partial charge in [0.05, 0.1) is 5.56 Å². The first kappa shape index (κ1) is 13.8. The second-order valence-corrected chi connectivity index (χ2v) is 4.99. The summed E-state index contributed by atoms with van der Waals surface area (Å²) >= 11 is 11.8. The van der Waals surface area contributed by atoms with Crippen LogP contribution in [-0.2, 0) is 0 Å². The van der Waals surface area contributed by atoms with E-state index in [-0.39, 0.29) is 5.91 Å². The molecule has 0 aliphatic rings. The molecule has 96 valence electrons.